The molecule has 1 fully saturated rings. The quantitative estimate of drug-likeness (QED) is 0.689. The topological polar surface area (TPSA) is 110 Å². The van der Waals surface area contributed by atoms with Crippen molar-refractivity contribution in [1.82, 2.24) is 24.0 Å². The third-order valence-corrected chi connectivity index (χ3v) is 7.61. The van der Waals surface area contributed by atoms with Crippen LogP contribution in [0.15, 0.2) is 47.1 Å². The molecule has 0 bridgehead atoms. The summed E-state index contributed by atoms with van der Waals surface area (Å²) in [4.78, 5) is 8.48. The van der Waals surface area contributed by atoms with Gasteiger partial charge in [0.05, 0.1) is 17.6 Å². The van der Waals surface area contributed by atoms with E-state index in [1.165, 1.54) is 18.5 Å². The summed E-state index contributed by atoms with van der Waals surface area (Å²) in [6, 6.07) is -0.748. The van der Waals surface area contributed by atoms with E-state index in [1.807, 2.05) is 0 Å². The van der Waals surface area contributed by atoms with Crippen LogP contribution in [0, 0.1) is 5.92 Å². The minimum atomic E-state index is -3.43. The number of nitrogens with zero attached hydrogens (tertiary/aromatic N) is 5. The third-order valence-electron chi connectivity index (χ3n) is 6.74. The maximum atomic E-state index is 14.8. The standard InChI is InChI=1S/C21H26F2N6O3S/c1-33(30,31)29-7-13-6-27(10-20(13)26-29)16-5-19(24)21(17-4-14(22)2-3-18(17)23)28(9-16)8-15-11-32-12-25-15/h2-3,7,11-12,16-17,19,21H,4-6,8-10,24H2,1H3/t16?,17?,19?,21-/m1/s1. The SMILES string of the molecule is CS(=O)(=O)n1cc2c(n1)CN(C1CC(N)[C@@H](C3CC(F)=CC=C3F)N(Cc3cocn3)C1)C2. The Bertz CT molecular complexity index is 1170. The summed E-state index contributed by atoms with van der Waals surface area (Å²) >= 11 is 0. The molecule has 12 heteroatoms. The van der Waals surface area contributed by atoms with Gasteiger partial charge in [0.25, 0.3) is 10.0 Å². The highest BCUT2D eigenvalue weighted by molar-refractivity contribution is 7.89. The van der Waals surface area contributed by atoms with Crippen LogP contribution in [0.5, 0.6) is 0 Å². The molecule has 0 saturated carbocycles. The van der Waals surface area contributed by atoms with Crippen LogP contribution in [0.2, 0.25) is 0 Å². The molecular formula is C21H26F2N6O3S. The van der Waals surface area contributed by atoms with Gasteiger partial charge >= 0.3 is 0 Å². The highest BCUT2D eigenvalue weighted by Crippen LogP contribution is 2.38. The molecule has 0 amide bonds. The van der Waals surface area contributed by atoms with E-state index in [2.05, 4.69) is 19.9 Å². The van der Waals surface area contributed by atoms with Crippen LogP contribution in [0.4, 0.5) is 8.78 Å². The van der Waals surface area contributed by atoms with Crippen LogP contribution in [0.3, 0.4) is 0 Å². The molecule has 0 aromatic carbocycles. The Hall–Kier alpha value is -2.41. The van der Waals surface area contributed by atoms with Gasteiger partial charge in [-0.2, -0.15) is 9.19 Å². The van der Waals surface area contributed by atoms with E-state index in [0.29, 0.717) is 38.3 Å². The van der Waals surface area contributed by atoms with Crippen molar-refractivity contribution >= 4 is 10.0 Å². The fraction of sp³-hybridized carbons (Fsp3) is 0.524. The molecule has 1 aliphatic carbocycles. The molecule has 2 N–H and O–H groups in total. The van der Waals surface area contributed by atoms with Crippen molar-refractivity contribution in [1.29, 1.82) is 0 Å². The summed E-state index contributed by atoms with van der Waals surface area (Å²) in [5.41, 5.74) is 8.90. The molecule has 2 aliphatic heterocycles. The Morgan fingerprint density at radius 2 is 2.09 bits per heavy atom. The summed E-state index contributed by atoms with van der Waals surface area (Å²) in [5, 5.41) is 4.23. The number of hydrogen-bond acceptors (Lipinski definition) is 8. The lowest BCUT2D eigenvalue weighted by Gasteiger charge is -2.48. The van der Waals surface area contributed by atoms with Crippen molar-refractivity contribution < 1.29 is 21.6 Å². The highest BCUT2D eigenvalue weighted by Gasteiger charge is 2.44. The number of allylic oxidation sites excluding steroid dienone is 3. The molecule has 5 rings (SSSR count). The monoisotopic (exact) mass is 480 g/mol. The molecule has 2 aromatic heterocycles. The number of likely N-dealkylation sites (tertiary alicyclic amines) is 1. The van der Waals surface area contributed by atoms with Gasteiger partial charge in [-0.25, -0.2) is 22.2 Å². The number of piperidine rings is 1. The lowest BCUT2D eigenvalue weighted by Crippen LogP contribution is -2.62. The number of nitrogens with two attached hydrogens (primary N) is 1. The first kappa shape index (κ1) is 22.4. The van der Waals surface area contributed by atoms with Gasteiger partial charge in [-0.3, -0.25) is 9.80 Å². The predicted molar refractivity (Wildman–Crippen MR) is 115 cm³/mol. The molecule has 0 spiro atoms. The molecule has 4 heterocycles. The van der Waals surface area contributed by atoms with Crippen molar-refractivity contribution in [3.63, 3.8) is 0 Å². The second kappa shape index (κ2) is 8.42. The van der Waals surface area contributed by atoms with Crippen LogP contribution in [0.25, 0.3) is 0 Å². The maximum Gasteiger partial charge on any atom is 0.250 e. The Morgan fingerprint density at radius 3 is 2.79 bits per heavy atom. The lowest BCUT2D eigenvalue weighted by molar-refractivity contribution is 0.0141. The Labute approximate surface area is 190 Å². The second-order valence-electron chi connectivity index (χ2n) is 9.07. The largest absolute Gasteiger partial charge is 0.451 e. The van der Waals surface area contributed by atoms with Gasteiger partial charge in [-0.1, -0.05) is 0 Å². The zero-order valence-electron chi connectivity index (χ0n) is 18.1. The molecular weight excluding hydrogens is 454 g/mol. The Kier molecular flexibility index (Phi) is 5.71. The molecule has 3 aliphatic rings. The van der Waals surface area contributed by atoms with Crippen LogP contribution >= 0.6 is 0 Å². The predicted octanol–water partition coefficient (Wildman–Crippen LogP) is 1.69. The number of aromatic nitrogens is 3. The van der Waals surface area contributed by atoms with E-state index in [9.17, 15) is 17.2 Å². The first-order valence-corrected chi connectivity index (χ1v) is 12.6. The lowest BCUT2D eigenvalue weighted by atomic mass is 9.80. The molecule has 178 valence electrons. The van der Waals surface area contributed by atoms with Crippen LogP contribution < -0.4 is 5.73 Å². The maximum absolute atomic E-state index is 14.8. The van der Waals surface area contributed by atoms with Gasteiger partial charge < -0.3 is 10.2 Å². The summed E-state index contributed by atoms with van der Waals surface area (Å²) in [6.07, 6.45) is 8.50. The molecule has 0 radical (unpaired) electrons. The molecule has 33 heavy (non-hydrogen) atoms. The summed E-state index contributed by atoms with van der Waals surface area (Å²) < 4.78 is 58.5. The zero-order valence-corrected chi connectivity index (χ0v) is 19.0. The molecule has 1 saturated heterocycles. The number of halogens is 2. The fourth-order valence-corrected chi connectivity index (χ4v) is 5.80. The van der Waals surface area contributed by atoms with Crippen molar-refractivity contribution in [3.8, 4) is 0 Å². The zero-order chi connectivity index (χ0) is 23.3. The van der Waals surface area contributed by atoms with Crippen LogP contribution in [-0.2, 0) is 29.7 Å². The summed E-state index contributed by atoms with van der Waals surface area (Å²) in [6.45, 7) is 2.04. The molecule has 4 atom stereocenters. The number of oxazole rings is 1. The van der Waals surface area contributed by atoms with Gasteiger partial charge in [0.2, 0.25) is 0 Å². The molecule has 2 aromatic rings. The Balaban J connectivity index is 1.37. The van der Waals surface area contributed by atoms with Gasteiger partial charge in [-0.05, 0) is 18.6 Å². The van der Waals surface area contributed by atoms with Crippen LogP contribution in [0.1, 0.15) is 29.8 Å². The average molecular weight is 481 g/mol. The van der Waals surface area contributed by atoms with Gasteiger partial charge in [0.1, 0.15) is 17.9 Å². The van der Waals surface area contributed by atoms with Crippen molar-refractivity contribution in [2.24, 2.45) is 11.7 Å². The molecule has 3 unspecified atom stereocenters. The van der Waals surface area contributed by atoms with E-state index in [-0.39, 0.29) is 24.1 Å². The normalized spacial score (nSPS) is 29.1. The van der Waals surface area contributed by atoms with Gasteiger partial charge in [0, 0.05) is 68.4 Å². The van der Waals surface area contributed by atoms with E-state index in [1.54, 1.807) is 12.5 Å². The second-order valence-corrected chi connectivity index (χ2v) is 10.9. The Morgan fingerprint density at radius 1 is 1.27 bits per heavy atom. The molecule has 9 nitrogen and oxygen atoms in total. The summed E-state index contributed by atoms with van der Waals surface area (Å²) in [7, 11) is -3.43. The fourth-order valence-electron chi connectivity index (χ4n) is 5.24. The van der Waals surface area contributed by atoms with Crippen molar-refractivity contribution in [3.05, 3.63) is 59.6 Å². The van der Waals surface area contributed by atoms with Gasteiger partial charge in [0.15, 0.2) is 6.39 Å². The van der Waals surface area contributed by atoms with E-state index < -0.39 is 28.0 Å². The smallest absolute Gasteiger partial charge is 0.250 e. The summed E-state index contributed by atoms with van der Waals surface area (Å²) in [5.74, 6) is -1.38. The van der Waals surface area contributed by atoms with E-state index in [0.717, 1.165) is 21.6 Å². The first-order valence-electron chi connectivity index (χ1n) is 10.8. The number of rotatable bonds is 5. The first-order chi connectivity index (χ1) is 15.7. The highest BCUT2D eigenvalue weighted by atomic mass is 32.2. The number of fused-ring (bicyclic) bond motifs is 1. The van der Waals surface area contributed by atoms with Crippen molar-refractivity contribution in [2.75, 3.05) is 12.8 Å². The van der Waals surface area contributed by atoms with E-state index >= 15 is 0 Å². The van der Waals surface area contributed by atoms with E-state index in [4.69, 9.17) is 10.2 Å². The van der Waals surface area contributed by atoms with Crippen molar-refractivity contribution in [2.45, 2.75) is 50.6 Å². The number of hydrogen-bond donors (Lipinski definition) is 1. The average Bonchev–Trinajstić information content (AvgIpc) is 3.46. The van der Waals surface area contributed by atoms with Crippen LogP contribution in [-0.4, -0.2) is 63.3 Å². The minimum absolute atomic E-state index is 0.0184. The minimum Gasteiger partial charge on any atom is -0.451 e. The third kappa shape index (κ3) is 4.39. The van der Waals surface area contributed by atoms with Gasteiger partial charge in [-0.15, -0.1) is 0 Å².